The molecular formula is C12H10BrN3O5. The zero-order chi connectivity index (χ0) is 15.4. The van der Waals surface area contributed by atoms with E-state index in [4.69, 9.17) is 15.0 Å². The van der Waals surface area contributed by atoms with Crippen LogP contribution in [0.3, 0.4) is 0 Å². The van der Waals surface area contributed by atoms with Crippen molar-refractivity contribution in [3.8, 4) is 5.75 Å². The number of nitrogens with two attached hydrogens (primary N) is 1. The lowest BCUT2D eigenvalue weighted by molar-refractivity contribution is -0.385. The summed E-state index contributed by atoms with van der Waals surface area (Å²) in [4.78, 5) is 21.7. The van der Waals surface area contributed by atoms with Gasteiger partial charge in [-0.3, -0.25) is 20.3 Å². The first-order valence-electron chi connectivity index (χ1n) is 5.66. The third-order valence-electron chi connectivity index (χ3n) is 2.56. The third-order valence-corrected chi connectivity index (χ3v) is 3.02. The number of nitro groups is 1. The summed E-state index contributed by atoms with van der Waals surface area (Å²) < 4.78 is 11.0. The van der Waals surface area contributed by atoms with Gasteiger partial charge < -0.3 is 9.15 Å². The number of hydrogen-bond acceptors (Lipinski definition) is 6. The molecule has 0 unspecified atom stereocenters. The zero-order valence-electron chi connectivity index (χ0n) is 10.5. The van der Waals surface area contributed by atoms with Crippen molar-refractivity contribution in [2.45, 2.75) is 6.61 Å². The number of nitrogen functional groups attached to an aromatic ring is 1. The first-order valence-corrected chi connectivity index (χ1v) is 6.45. The average molecular weight is 356 g/mol. The number of rotatable bonds is 5. The molecule has 0 bridgehead atoms. The molecule has 21 heavy (non-hydrogen) atoms. The lowest BCUT2D eigenvalue weighted by atomic mass is 10.2. The van der Waals surface area contributed by atoms with E-state index in [1.807, 2.05) is 5.43 Å². The van der Waals surface area contributed by atoms with E-state index in [-0.39, 0.29) is 29.4 Å². The Morgan fingerprint density at radius 2 is 2.24 bits per heavy atom. The molecule has 2 aromatic rings. The van der Waals surface area contributed by atoms with Crippen LogP contribution < -0.4 is 16.0 Å². The van der Waals surface area contributed by atoms with Crippen LogP contribution in [-0.4, -0.2) is 10.8 Å². The maximum atomic E-state index is 11.5. The Labute approximate surface area is 127 Å². The number of nitrogens with zero attached hydrogens (tertiary/aromatic N) is 1. The van der Waals surface area contributed by atoms with Crippen molar-refractivity contribution in [2.75, 3.05) is 0 Å². The van der Waals surface area contributed by atoms with Crippen molar-refractivity contribution in [3.63, 3.8) is 0 Å². The molecule has 1 aromatic carbocycles. The van der Waals surface area contributed by atoms with Crippen LogP contribution >= 0.6 is 15.9 Å². The molecule has 9 heteroatoms. The number of hydrazine groups is 1. The van der Waals surface area contributed by atoms with Gasteiger partial charge in [-0.15, -0.1) is 0 Å². The molecular weight excluding hydrogens is 346 g/mol. The highest BCUT2D eigenvalue weighted by Crippen LogP contribution is 2.27. The van der Waals surface area contributed by atoms with Gasteiger partial charge in [0.15, 0.2) is 5.76 Å². The molecule has 1 amide bonds. The second kappa shape index (κ2) is 6.37. The summed E-state index contributed by atoms with van der Waals surface area (Å²) in [6.07, 6.45) is 1.33. The van der Waals surface area contributed by atoms with Gasteiger partial charge in [-0.2, -0.15) is 0 Å². The summed E-state index contributed by atoms with van der Waals surface area (Å²) in [6, 6.07) is 5.65. The van der Waals surface area contributed by atoms with Gasteiger partial charge in [0.05, 0.1) is 22.8 Å². The predicted octanol–water partition coefficient (Wildman–Crippen LogP) is 2.13. The highest BCUT2D eigenvalue weighted by atomic mass is 79.9. The number of carbonyl (C=O) groups is 1. The third kappa shape index (κ3) is 3.58. The number of benzene rings is 1. The van der Waals surface area contributed by atoms with E-state index >= 15 is 0 Å². The van der Waals surface area contributed by atoms with E-state index < -0.39 is 10.8 Å². The van der Waals surface area contributed by atoms with Crippen LogP contribution in [0, 0.1) is 10.1 Å². The smallest absolute Gasteiger partial charge is 0.274 e. The van der Waals surface area contributed by atoms with Crippen molar-refractivity contribution in [1.82, 2.24) is 5.43 Å². The molecule has 0 saturated carbocycles. The molecule has 0 saturated heterocycles. The quantitative estimate of drug-likeness (QED) is 0.366. The number of nitro benzene ring substituents is 1. The molecule has 0 spiro atoms. The topological polar surface area (TPSA) is 121 Å². The van der Waals surface area contributed by atoms with Crippen LogP contribution in [0.5, 0.6) is 5.75 Å². The van der Waals surface area contributed by atoms with Gasteiger partial charge in [0.25, 0.3) is 11.6 Å². The standard InChI is InChI=1S/C12H10BrN3O5/c13-7-3-8(16(18)19)5-9(4-7)21-6-11-10(1-2-20-11)12(17)15-14/h1-5H,6,14H2,(H,15,17). The lowest BCUT2D eigenvalue weighted by Crippen LogP contribution is -2.30. The monoisotopic (exact) mass is 355 g/mol. The van der Waals surface area contributed by atoms with E-state index in [1.54, 1.807) is 6.07 Å². The molecule has 0 fully saturated rings. The number of ether oxygens (including phenoxy) is 1. The van der Waals surface area contributed by atoms with E-state index in [2.05, 4.69) is 15.9 Å². The Hall–Kier alpha value is -2.39. The molecule has 1 aromatic heterocycles. The van der Waals surface area contributed by atoms with Crippen molar-refractivity contribution >= 4 is 27.5 Å². The molecule has 0 aliphatic carbocycles. The van der Waals surface area contributed by atoms with Crippen LogP contribution in [-0.2, 0) is 6.61 Å². The molecule has 0 aliphatic heterocycles. The summed E-state index contributed by atoms with van der Waals surface area (Å²) >= 11 is 3.16. The largest absolute Gasteiger partial charge is 0.485 e. The minimum absolute atomic E-state index is 0.0661. The second-order valence-electron chi connectivity index (χ2n) is 3.92. The first kappa shape index (κ1) is 15.0. The predicted molar refractivity (Wildman–Crippen MR) is 75.5 cm³/mol. The summed E-state index contributed by atoms with van der Waals surface area (Å²) in [5.74, 6) is 5.07. The van der Waals surface area contributed by atoms with Gasteiger partial charge in [-0.05, 0) is 12.1 Å². The van der Waals surface area contributed by atoms with Gasteiger partial charge in [0, 0.05) is 10.5 Å². The first-order chi connectivity index (χ1) is 10.0. The van der Waals surface area contributed by atoms with Gasteiger partial charge in [0.2, 0.25) is 0 Å². The van der Waals surface area contributed by atoms with Crippen molar-refractivity contribution in [2.24, 2.45) is 5.84 Å². The van der Waals surface area contributed by atoms with Crippen LogP contribution in [0.25, 0.3) is 0 Å². The van der Waals surface area contributed by atoms with E-state index in [0.717, 1.165) is 0 Å². The summed E-state index contributed by atoms with van der Waals surface area (Å²) in [7, 11) is 0. The molecule has 1 heterocycles. The fourth-order valence-corrected chi connectivity index (χ4v) is 2.08. The highest BCUT2D eigenvalue weighted by molar-refractivity contribution is 9.10. The van der Waals surface area contributed by atoms with Gasteiger partial charge in [-0.25, -0.2) is 5.84 Å². The Morgan fingerprint density at radius 3 is 2.90 bits per heavy atom. The fourth-order valence-electron chi connectivity index (χ4n) is 1.62. The number of halogens is 1. The Morgan fingerprint density at radius 1 is 1.48 bits per heavy atom. The number of hydrogen-bond donors (Lipinski definition) is 2. The SMILES string of the molecule is NNC(=O)c1ccoc1COc1cc(Br)cc([N+](=O)[O-])c1. The van der Waals surface area contributed by atoms with Crippen LogP contribution in [0.4, 0.5) is 5.69 Å². The summed E-state index contributed by atoms with van der Waals surface area (Å²) in [5.41, 5.74) is 2.11. The van der Waals surface area contributed by atoms with Crippen LogP contribution in [0.1, 0.15) is 16.1 Å². The fraction of sp³-hybridized carbons (Fsp3) is 0.0833. The molecule has 0 aliphatic rings. The van der Waals surface area contributed by atoms with Gasteiger partial charge in [-0.1, -0.05) is 15.9 Å². The van der Waals surface area contributed by atoms with Gasteiger partial charge >= 0.3 is 0 Å². The maximum absolute atomic E-state index is 11.5. The molecule has 8 nitrogen and oxygen atoms in total. The second-order valence-corrected chi connectivity index (χ2v) is 4.84. The molecule has 2 rings (SSSR count). The Kier molecular flexibility index (Phi) is 4.55. The van der Waals surface area contributed by atoms with Crippen molar-refractivity contribution in [1.29, 1.82) is 0 Å². The highest BCUT2D eigenvalue weighted by Gasteiger charge is 2.15. The van der Waals surface area contributed by atoms with E-state index in [0.29, 0.717) is 4.47 Å². The Bertz CT molecular complexity index is 685. The average Bonchev–Trinajstić information content (AvgIpc) is 2.92. The number of furan rings is 1. The molecule has 0 atom stereocenters. The summed E-state index contributed by atoms with van der Waals surface area (Å²) in [5, 5.41) is 10.8. The molecule has 0 radical (unpaired) electrons. The van der Waals surface area contributed by atoms with Gasteiger partial charge in [0.1, 0.15) is 12.4 Å². The van der Waals surface area contributed by atoms with E-state index in [1.165, 1.54) is 24.5 Å². The van der Waals surface area contributed by atoms with E-state index in [9.17, 15) is 14.9 Å². The van der Waals surface area contributed by atoms with Crippen molar-refractivity contribution < 1.29 is 18.9 Å². The van der Waals surface area contributed by atoms with Crippen LogP contribution in [0.15, 0.2) is 39.4 Å². The summed E-state index contributed by atoms with van der Waals surface area (Å²) in [6.45, 7) is -0.0661. The number of nitrogens with one attached hydrogen (secondary N) is 1. The number of non-ortho nitro benzene ring substituents is 1. The zero-order valence-corrected chi connectivity index (χ0v) is 12.1. The number of carbonyl (C=O) groups excluding carboxylic acids is 1. The minimum atomic E-state index is -0.530. The van der Waals surface area contributed by atoms with Crippen molar-refractivity contribution in [3.05, 3.63) is 56.4 Å². The normalized spacial score (nSPS) is 10.2. The Balaban J connectivity index is 2.15. The lowest BCUT2D eigenvalue weighted by Gasteiger charge is -2.06. The molecule has 110 valence electrons. The van der Waals surface area contributed by atoms with Crippen LogP contribution in [0.2, 0.25) is 0 Å². The maximum Gasteiger partial charge on any atom is 0.274 e. The number of amides is 1. The molecule has 3 N–H and O–H groups in total. The minimum Gasteiger partial charge on any atom is -0.485 e.